The summed E-state index contributed by atoms with van der Waals surface area (Å²) in [5.74, 6) is 0.0645. The van der Waals surface area contributed by atoms with E-state index in [2.05, 4.69) is 9.97 Å². The van der Waals surface area contributed by atoms with Gasteiger partial charge in [0.15, 0.2) is 0 Å². The summed E-state index contributed by atoms with van der Waals surface area (Å²) in [6, 6.07) is 0. The van der Waals surface area contributed by atoms with Gasteiger partial charge in [0.25, 0.3) is 5.56 Å². The summed E-state index contributed by atoms with van der Waals surface area (Å²) in [6.07, 6.45) is 5.24. The Morgan fingerprint density at radius 1 is 1.48 bits per heavy atom. The minimum absolute atomic E-state index is 0.0331. The number of fused-ring (bicyclic) bond motifs is 1. The van der Waals surface area contributed by atoms with E-state index in [0.29, 0.717) is 37.2 Å². The van der Waals surface area contributed by atoms with Crippen LogP contribution in [0.15, 0.2) is 11.1 Å². The number of rotatable bonds is 2. The first kappa shape index (κ1) is 14.2. The summed E-state index contributed by atoms with van der Waals surface area (Å²) in [4.78, 5) is 32.8. The maximum Gasteiger partial charge on any atom is 0.254 e. The van der Waals surface area contributed by atoms with Gasteiger partial charge >= 0.3 is 0 Å². The Kier molecular flexibility index (Phi) is 4.03. The highest BCUT2D eigenvalue weighted by molar-refractivity contribution is 5.79. The summed E-state index contributed by atoms with van der Waals surface area (Å²) in [7, 11) is 0. The number of alkyl halides is 1. The lowest BCUT2D eigenvalue weighted by atomic mass is 9.81. The van der Waals surface area contributed by atoms with Gasteiger partial charge in [-0.3, -0.25) is 14.0 Å². The number of nitrogens with zero attached hydrogens (tertiary/aromatic N) is 2. The van der Waals surface area contributed by atoms with Gasteiger partial charge < -0.3 is 9.88 Å². The number of halogens is 1. The largest absolute Gasteiger partial charge is 0.336 e. The molecule has 2 atom stereocenters. The fourth-order valence-electron chi connectivity index (χ4n) is 3.47. The molecule has 5 nitrogen and oxygen atoms in total. The molecule has 2 aliphatic rings. The predicted octanol–water partition coefficient (Wildman–Crippen LogP) is 1.43. The second kappa shape index (κ2) is 5.95. The van der Waals surface area contributed by atoms with Gasteiger partial charge in [0.1, 0.15) is 0 Å². The van der Waals surface area contributed by atoms with Crippen molar-refractivity contribution in [3.63, 3.8) is 0 Å². The van der Waals surface area contributed by atoms with E-state index in [1.54, 1.807) is 4.90 Å². The maximum absolute atomic E-state index is 12.8. The van der Waals surface area contributed by atoms with Gasteiger partial charge in [-0.15, -0.1) is 0 Å². The number of hydrogen-bond donors (Lipinski definition) is 1. The standard InChI is InChI=1S/C15H20FN3O2/c16-7-10-2-1-3-11(6-10)15(21)19-5-4-12-13(8-19)17-9-18-14(12)20/h9-11H,1-8H2,(H,17,18,20)/t10-,11+/m1/s1. The van der Waals surface area contributed by atoms with Gasteiger partial charge in [-0.1, -0.05) is 6.42 Å². The zero-order chi connectivity index (χ0) is 14.8. The monoisotopic (exact) mass is 293 g/mol. The number of carbonyl (C=O) groups excluding carboxylic acids is 1. The number of carbonyl (C=O) groups is 1. The van der Waals surface area contributed by atoms with Crippen LogP contribution >= 0.6 is 0 Å². The van der Waals surface area contributed by atoms with Crippen LogP contribution < -0.4 is 5.56 Å². The van der Waals surface area contributed by atoms with Crippen LogP contribution in [0.2, 0.25) is 0 Å². The number of amides is 1. The second-order valence-corrected chi connectivity index (χ2v) is 6.05. The Bertz CT molecular complexity index is 587. The summed E-state index contributed by atoms with van der Waals surface area (Å²) in [5, 5.41) is 0. The zero-order valence-corrected chi connectivity index (χ0v) is 12.0. The molecule has 2 heterocycles. The summed E-state index contributed by atoms with van der Waals surface area (Å²) in [5.41, 5.74) is 1.27. The highest BCUT2D eigenvalue weighted by atomic mass is 19.1. The molecule has 3 rings (SSSR count). The van der Waals surface area contributed by atoms with Crippen molar-refractivity contribution in [1.82, 2.24) is 14.9 Å². The van der Waals surface area contributed by atoms with Gasteiger partial charge in [0, 0.05) is 18.0 Å². The molecular formula is C15H20FN3O2. The van der Waals surface area contributed by atoms with E-state index in [1.165, 1.54) is 6.33 Å². The molecule has 1 N–H and O–H groups in total. The van der Waals surface area contributed by atoms with Crippen LogP contribution in [0.3, 0.4) is 0 Å². The van der Waals surface area contributed by atoms with Crippen molar-refractivity contribution >= 4 is 5.91 Å². The molecule has 1 amide bonds. The molecule has 0 bridgehead atoms. The average molecular weight is 293 g/mol. The molecule has 1 fully saturated rings. The molecule has 114 valence electrons. The van der Waals surface area contributed by atoms with E-state index in [0.717, 1.165) is 19.3 Å². The fraction of sp³-hybridized carbons (Fsp3) is 0.667. The molecule has 0 radical (unpaired) electrons. The topological polar surface area (TPSA) is 66.1 Å². The van der Waals surface area contributed by atoms with Crippen LogP contribution in [0.4, 0.5) is 4.39 Å². The molecule has 6 heteroatoms. The highest BCUT2D eigenvalue weighted by Gasteiger charge is 2.32. The van der Waals surface area contributed by atoms with Crippen molar-refractivity contribution in [3.8, 4) is 0 Å². The fourth-order valence-corrected chi connectivity index (χ4v) is 3.47. The lowest BCUT2D eigenvalue weighted by molar-refractivity contribution is -0.138. The predicted molar refractivity (Wildman–Crippen MR) is 75.4 cm³/mol. The van der Waals surface area contributed by atoms with Crippen LogP contribution in [-0.2, 0) is 17.8 Å². The van der Waals surface area contributed by atoms with Crippen LogP contribution in [0.25, 0.3) is 0 Å². The number of hydrogen-bond acceptors (Lipinski definition) is 3. The zero-order valence-electron chi connectivity index (χ0n) is 12.0. The summed E-state index contributed by atoms with van der Waals surface area (Å²) in [6.45, 7) is 0.621. The number of aromatic nitrogens is 2. The first-order valence-corrected chi connectivity index (χ1v) is 7.59. The summed E-state index contributed by atoms with van der Waals surface area (Å²) < 4.78 is 12.8. The normalized spacial score (nSPS) is 25.5. The van der Waals surface area contributed by atoms with E-state index in [1.807, 2.05) is 0 Å². The quantitative estimate of drug-likeness (QED) is 0.897. The first-order valence-electron chi connectivity index (χ1n) is 7.59. The van der Waals surface area contributed by atoms with Crippen molar-refractivity contribution in [2.75, 3.05) is 13.2 Å². The Morgan fingerprint density at radius 2 is 2.33 bits per heavy atom. The maximum atomic E-state index is 12.8. The van der Waals surface area contributed by atoms with Crippen LogP contribution in [0, 0.1) is 11.8 Å². The molecule has 0 spiro atoms. The number of nitrogens with one attached hydrogen (secondary N) is 1. The van der Waals surface area contributed by atoms with Crippen LogP contribution in [0.1, 0.15) is 36.9 Å². The third-order valence-electron chi connectivity index (χ3n) is 4.67. The molecule has 1 aliphatic carbocycles. The molecule has 0 unspecified atom stereocenters. The Morgan fingerprint density at radius 3 is 3.14 bits per heavy atom. The van der Waals surface area contributed by atoms with Gasteiger partial charge in [-0.2, -0.15) is 0 Å². The van der Waals surface area contributed by atoms with Crippen molar-refractivity contribution in [2.45, 2.75) is 38.6 Å². The third-order valence-corrected chi connectivity index (χ3v) is 4.67. The molecular weight excluding hydrogens is 273 g/mol. The highest BCUT2D eigenvalue weighted by Crippen LogP contribution is 2.31. The lowest BCUT2D eigenvalue weighted by Crippen LogP contribution is -2.43. The van der Waals surface area contributed by atoms with E-state index < -0.39 is 0 Å². The van der Waals surface area contributed by atoms with Crippen molar-refractivity contribution in [3.05, 3.63) is 27.9 Å². The molecule has 21 heavy (non-hydrogen) atoms. The first-order chi connectivity index (χ1) is 10.2. The third kappa shape index (κ3) is 2.84. The van der Waals surface area contributed by atoms with Crippen molar-refractivity contribution < 1.29 is 9.18 Å². The number of H-pyrrole nitrogens is 1. The molecule has 0 saturated heterocycles. The summed E-state index contributed by atoms with van der Waals surface area (Å²) >= 11 is 0. The smallest absolute Gasteiger partial charge is 0.254 e. The van der Waals surface area contributed by atoms with E-state index in [4.69, 9.17) is 0 Å². The minimum atomic E-state index is -0.330. The Labute approximate surface area is 122 Å². The Hall–Kier alpha value is -1.72. The van der Waals surface area contributed by atoms with E-state index >= 15 is 0 Å². The van der Waals surface area contributed by atoms with Crippen LogP contribution in [0.5, 0.6) is 0 Å². The molecule has 1 aromatic heterocycles. The lowest BCUT2D eigenvalue weighted by Gasteiger charge is -2.33. The second-order valence-electron chi connectivity index (χ2n) is 6.05. The molecule has 1 aliphatic heterocycles. The molecule has 1 aromatic rings. The van der Waals surface area contributed by atoms with E-state index in [-0.39, 0.29) is 30.0 Å². The van der Waals surface area contributed by atoms with Gasteiger partial charge in [-0.05, 0) is 31.6 Å². The van der Waals surface area contributed by atoms with Crippen molar-refractivity contribution in [2.24, 2.45) is 11.8 Å². The van der Waals surface area contributed by atoms with E-state index in [9.17, 15) is 14.0 Å². The van der Waals surface area contributed by atoms with Crippen molar-refractivity contribution in [1.29, 1.82) is 0 Å². The average Bonchev–Trinajstić information content (AvgIpc) is 2.54. The molecule has 1 saturated carbocycles. The van der Waals surface area contributed by atoms with Crippen LogP contribution in [-0.4, -0.2) is 34.0 Å². The van der Waals surface area contributed by atoms with Gasteiger partial charge in [-0.25, -0.2) is 4.98 Å². The SMILES string of the molecule is O=C([C@H]1CCC[C@@H](CF)C1)N1CCc2c(nc[nH]c2=O)C1. The van der Waals surface area contributed by atoms with Gasteiger partial charge in [0.2, 0.25) is 5.91 Å². The molecule has 0 aromatic carbocycles. The van der Waals surface area contributed by atoms with Gasteiger partial charge in [0.05, 0.1) is 25.2 Å². The minimum Gasteiger partial charge on any atom is -0.336 e. The Balaban J connectivity index is 1.71. The number of aromatic amines is 1.